The van der Waals surface area contributed by atoms with Gasteiger partial charge >= 0.3 is 0 Å². The van der Waals surface area contributed by atoms with Crippen LogP contribution < -0.4 is 5.32 Å². The monoisotopic (exact) mass is 362 g/mol. The second kappa shape index (κ2) is 7.88. The van der Waals surface area contributed by atoms with Gasteiger partial charge < -0.3 is 10.2 Å². The summed E-state index contributed by atoms with van der Waals surface area (Å²) in [5.74, 6) is 0.242. The number of amides is 1. The lowest BCUT2D eigenvalue weighted by Crippen LogP contribution is -2.39. The lowest BCUT2D eigenvalue weighted by Gasteiger charge is -2.24. The first-order valence-electron chi connectivity index (χ1n) is 9.38. The van der Waals surface area contributed by atoms with Crippen LogP contribution in [0.25, 0.3) is 0 Å². The Hall–Kier alpha value is -1.39. The molecule has 2 bridgehead atoms. The van der Waals surface area contributed by atoms with Crippen LogP contribution in [0, 0.1) is 0 Å². The fourth-order valence-electron chi connectivity index (χ4n) is 4.44. The highest BCUT2D eigenvalue weighted by atomic mass is 35.5. The minimum Gasteiger partial charge on any atom is -0.341 e. The van der Waals surface area contributed by atoms with Crippen molar-refractivity contribution >= 4 is 24.1 Å². The Kier molecular flexibility index (Phi) is 5.80. The molecule has 1 aliphatic carbocycles. The van der Waals surface area contributed by atoms with Gasteiger partial charge in [-0.15, -0.1) is 12.4 Å². The molecule has 1 aromatic rings. The summed E-state index contributed by atoms with van der Waals surface area (Å²) in [5.41, 5.74) is 3.48. The fraction of sp³-hybridized carbons (Fsp3) is 0.600. The van der Waals surface area contributed by atoms with E-state index < -0.39 is 0 Å². The highest BCUT2D eigenvalue weighted by molar-refractivity contribution is 5.98. The van der Waals surface area contributed by atoms with Gasteiger partial charge in [-0.05, 0) is 55.7 Å². The largest absolute Gasteiger partial charge is 0.341 e. The number of nitrogens with one attached hydrogen (secondary N) is 1. The van der Waals surface area contributed by atoms with Crippen LogP contribution in [-0.2, 0) is 17.6 Å². The maximum Gasteiger partial charge on any atom is 0.223 e. The summed E-state index contributed by atoms with van der Waals surface area (Å²) in [6.07, 6.45) is 7.53. The molecule has 2 heterocycles. The molecule has 0 aromatic heterocycles. The third-order valence-electron chi connectivity index (χ3n) is 5.86. The van der Waals surface area contributed by atoms with Crippen molar-refractivity contribution in [3.63, 3.8) is 0 Å². The van der Waals surface area contributed by atoms with Gasteiger partial charge in [-0.1, -0.05) is 12.1 Å². The van der Waals surface area contributed by atoms with Crippen molar-refractivity contribution < 1.29 is 9.59 Å². The highest BCUT2D eigenvalue weighted by Crippen LogP contribution is 2.24. The molecule has 5 heteroatoms. The van der Waals surface area contributed by atoms with Crippen LogP contribution in [0.15, 0.2) is 18.2 Å². The van der Waals surface area contributed by atoms with Crippen LogP contribution in [0.4, 0.5) is 0 Å². The second-order valence-corrected chi connectivity index (χ2v) is 7.53. The number of nitrogens with zero attached hydrogens (tertiary/aromatic N) is 1. The molecule has 1 N–H and O–H groups in total. The predicted octanol–water partition coefficient (Wildman–Crippen LogP) is 2.91. The van der Waals surface area contributed by atoms with E-state index in [4.69, 9.17) is 0 Å². The average molecular weight is 363 g/mol. The van der Waals surface area contributed by atoms with E-state index in [1.807, 2.05) is 17.0 Å². The average Bonchev–Trinajstić information content (AvgIpc) is 3.17. The fourth-order valence-corrected chi connectivity index (χ4v) is 4.44. The van der Waals surface area contributed by atoms with Crippen LogP contribution in [0.5, 0.6) is 0 Å². The van der Waals surface area contributed by atoms with Gasteiger partial charge in [0.05, 0.1) is 0 Å². The molecule has 0 radical (unpaired) electrons. The Bertz CT molecular complexity index is 661. The Labute approximate surface area is 155 Å². The zero-order valence-corrected chi connectivity index (χ0v) is 15.4. The van der Waals surface area contributed by atoms with Crippen molar-refractivity contribution in [1.82, 2.24) is 10.2 Å². The minimum absolute atomic E-state index is 0. The topological polar surface area (TPSA) is 49.4 Å². The molecule has 1 aromatic carbocycles. The molecular weight excluding hydrogens is 336 g/mol. The number of carbonyl (C=O) groups excluding carboxylic acids is 2. The molecule has 136 valence electrons. The van der Waals surface area contributed by atoms with E-state index in [2.05, 4.69) is 11.4 Å². The van der Waals surface area contributed by atoms with Gasteiger partial charge in [0, 0.05) is 43.6 Å². The number of fused-ring (bicyclic) bond motifs is 3. The molecule has 1 amide bonds. The van der Waals surface area contributed by atoms with Crippen LogP contribution >= 0.6 is 12.4 Å². The predicted molar refractivity (Wildman–Crippen MR) is 100 cm³/mol. The Balaban J connectivity index is 0.00000182. The normalized spacial score (nSPS) is 24.4. The van der Waals surface area contributed by atoms with E-state index >= 15 is 0 Å². The lowest BCUT2D eigenvalue weighted by atomic mass is 10.0. The number of aryl methyl sites for hydroxylation is 2. The van der Waals surface area contributed by atoms with Crippen molar-refractivity contribution in [3.8, 4) is 0 Å². The van der Waals surface area contributed by atoms with Crippen LogP contribution in [0.3, 0.4) is 0 Å². The summed E-state index contributed by atoms with van der Waals surface area (Å²) >= 11 is 0. The van der Waals surface area contributed by atoms with E-state index in [0.29, 0.717) is 24.9 Å². The SMILES string of the molecule is Cl.O=C(CCC(=O)N1CCC2CCC(C1)N2)c1ccc2c(c1)CCC2. The Morgan fingerprint density at radius 3 is 2.72 bits per heavy atom. The number of Topliss-reactive ketones (excluding diaryl/α,β-unsaturated/α-hetero) is 1. The standard InChI is InChI=1S/C20H26N2O2.ClH/c23-19(16-5-4-14-2-1-3-15(14)12-16)8-9-20(24)22-11-10-17-6-7-18(13-22)21-17;/h4-5,12,17-18,21H,1-3,6-11,13H2;1H. The van der Waals surface area contributed by atoms with Crippen molar-refractivity contribution in [1.29, 1.82) is 0 Å². The Morgan fingerprint density at radius 1 is 1.04 bits per heavy atom. The quantitative estimate of drug-likeness (QED) is 0.838. The van der Waals surface area contributed by atoms with E-state index in [9.17, 15) is 9.59 Å². The molecule has 25 heavy (non-hydrogen) atoms. The van der Waals surface area contributed by atoms with Gasteiger partial charge in [0.1, 0.15) is 0 Å². The number of halogens is 1. The van der Waals surface area contributed by atoms with E-state index in [1.165, 1.54) is 30.4 Å². The number of carbonyl (C=O) groups is 2. The first-order valence-corrected chi connectivity index (χ1v) is 9.38. The summed E-state index contributed by atoms with van der Waals surface area (Å²) in [7, 11) is 0. The summed E-state index contributed by atoms with van der Waals surface area (Å²) < 4.78 is 0. The van der Waals surface area contributed by atoms with Crippen molar-refractivity contribution in [2.45, 2.75) is 63.5 Å². The number of likely N-dealkylation sites (tertiary alicyclic amines) is 1. The third-order valence-corrected chi connectivity index (χ3v) is 5.86. The third kappa shape index (κ3) is 4.06. The zero-order chi connectivity index (χ0) is 16.5. The van der Waals surface area contributed by atoms with Crippen LogP contribution in [-0.4, -0.2) is 41.8 Å². The second-order valence-electron chi connectivity index (χ2n) is 7.53. The molecule has 4 nitrogen and oxygen atoms in total. The van der Waals surface area contributed by atoms with Gasteiger partial charge in [-0.25, -0.2) is 0 Å². The molecule has 2 aliphatic heterocycles. The summed E-state index contributed by atoms with van der Waals surface area (Å²) in [4.78, 5) is 26.9. The first-order chi connectivity index (χ1) is 11.7. The molecule has 0 spiro atoms. The van der Waals surface area contributed by atoms with E-state index in [1.54, 1.807) is 0 Å². The molecular formula is C20H27ClN2O2. The van der Waals surface area contributed by atoms with Gasteiger partial charge in [0.25, 0.3) is 0 Å². The van der Waals surface area contributed by atoms with E-state index in [0.717, 1.165) is 37.9 Å². The number of ketones is 1. The number of hydrogen-bond donors (Lipinski definition) is 1. The molecule has 0 saturated carbocycles. The van der Waals surface area contributed by atoms with Crippen molar-refractivity contribution in [3.05, 3.63) is 34.9 Å². The number of hydrogen-bond acceptors (Lipinski definition) is 3. The molecule has 2 atom stereocenters. The molecule has 4 rings (SSSR count). The molecule has 2 saturated heterocycles. The van der Waals surface area contributed by atoms with Gasteiger partial charge in [0.15, 0.2) is 5.78 Å². The highest BCUT2D eigenvalue weighted by Gasteiger charge is 2.31. The summed E-state index contributed by atoms with van der Waals surface area (Å²) in [5, 5.41) is 3.59. The minimum atomic E-state index is 0. The first kappa shape index (κ1) is 18.4. The number of benzene rings is 1. The van der Waals surface area contributed by atoms with E-state index in [-0.39, 0.29) is 24.1 Å². The Morgan fingerprint density at radius 2 is 1.84 bits per heavy atom. The lowest BCUT2D eigenvalue weighted by molar-refractivity contribution is -0.131. The van der Waals surface area contributed by atoms with Gasteiger partial charge in [-0.3, -0.25) is 9.59 Å². The summed E-state index contributed by atoms with van der Waals surface area (Å²) in [6.45, 7) is 1.64. The van der Waals surface area contributed by atoms with Crippen LogP contribution in [0.2, 0.25) is 0 Å². The van der Waals surface area contributed by atoms with Crippen LogP contribution in [0.1, 0.15) is 60.0 Å². The molecule has 3 aliphatic rings. The zero-order valence-electron chi connectivity index (χ0n) is 14.6. The van der Waals surface area contributed by atoms with Crippen molar-refractivity contribution in [2.75, 3.05) is 13.1 Å². The molecule has 2 fully saturated rings. The van der Waals surface area contributed by atoms with Gasteiger partial charge in [0.2, 0.25) is 5.91 Å². The van der Waals surface area contributed by atoms with Gasteiger partial charge in [-0.2, -0.15) is 0 Å². The van der Waals surface area contributed by atoms with Crippen molar-refractivity contribution in [2.24, 2.45) is 0 Å². The smallest absolute Gasteiger partial charge is 0.223 e. The maximum absolute atomic E-state index is 12.5. The summed E-state index contributed by atoms with van der Waals surface area (Å²) in [6, 6.07) is 7.11. The number of rotatable bonds is 4. The maximum atomic E-state index is 12.5. The molecule has 2 unspecified atom stereocenters.